The highest BCUT2D eigenvalue weighted by molar-refractivity contribution is 6.30. The van der Waals surface area contributed by atoms with Gasteiger partial charge in [-0.05, 0) is 48.9 Å². The fourth-order valence-corrected chi connectivity index (χ4v) is 3.19. The van der Waals surface area contributed by atoms with Crippen molar-refractivity contribution in [2.45, 2.75) is 45.6 Å². The zero-order valence-electron chi connectivity index (χ0n) is 12.6. The van der Waals surface area contributed by atoms with E-state index in [0.29, 0.717) is 6.54 Å². The second-order valence-electron chi connectivity index (χ2n) is 5.60. The third-order valence-electron chi connectivity index (χ3n) is 4.71. The van der Waals surface area contributed by atoms with Crippen LogP contribution in [0.4, 0.5) is 0 Å². The minimum atomic E-state index is -0.435. The molecule has 0 radical (unpaired) electrons. The number of nitrogens with one attached hydrogen (secondary N) is 1. The normalized spacial score (nSPS) is 17.0. The molecule has 0 saturated carbocycles. The first-order chi connectivity index (χ1) is 9.56. The maximum absolute atomic E-state index is 12.6. The molecule has 1 aliphatic rings. The SMILES string of the molecule is CCC(CC)(CN)C(=O)NC1CCc2cc(Cl)ccc21.Cl. The molecule has 0 bridgehead atoms. The van der Waals surface area contributed by atoms with Gasteiger partial charge in [0.1, 0.15) is 0 Å². The molecular weight excluding hydrogens is 307 g/mol. The van der Waals surface area contributed by atoms with Gasteiger partial charge in [-0.1, -0.05) is 31.5 Å². The Morgan fingerprint density at radius 1 is 1.43 bits per heavy atom. The van der Waals surface area contributed by atoms with Gasteiger partial charge in [0.05, 0.1) is 11.5 Å². The first-order valence-electron chi connectivity index (χ1n) is 7.35. The first-order valence-corrected chi connectivity index (χ1v) is 7.73. The van der Waals surface area contributed by atoms with Crippen molar-refractivity contribution in [3.05, 3.63) is 34.3 Å². The van der Waals surface area contributed by atoms with Gasteiger partial charge in [0, 0.05) is 11.6 Å². The van der Waals surface area contributed by atoms with Crippen molar-refractivity contribution in [2.75, 3.05) is 6.54 Å². The zero-order valence-corrected chi connectivity index (χ0v) is 14.2. The molecule has 3 nitrogen and oxygen atoms in total. The van der Waals surface area contributed by atoms with Crippen LogP contribution in [0.5, 0.6) is 0 Å². The van der Waals surface area contributed by atoms with Crippen molar-refractivity contribution in [1.82, 2.24) is 5.32 Å². The van der Waals surface area contributed by atoms with Gasteiger partial charge in [-0.3, -0.25) is 4.79 Å². The van der Waals surface area contributed by atoms with E-state index < -0.39 is 5.41 Å². The van der Waals surface area contributed by atoms with Gasteiger partial charge in [0.2, 0.25) is 5.91 Å². The summed E-state index contributed by atoms with van der Waals surface area (Å²) in [4.78, 5) is 12.6. The lowest BCUT2D eigenvalue weighted by molar-refractivity contribution is -0.131. The minimum absolute atomic E-state index is 0. The van der Waals surface area contributed by atoms with Crippen LogP contribution in [0.25, 0.3) is 0 Å². The van der Waals surface area contributed by atoms with Crippen molar-refractivity contribution in [1.29, 1.82) is 0 Å². The Morgan fingerprint density at radius 3 is 2.67 bits per heavy atom. The number of carbonyl (C=O) groups excluding carboxylic acids is 1. The van der Waals surface area contributed by atoms with E-state index >= 15 is 0 Å². The van der Waals surface area contributed by atoms with Crippen LogP contribution in [0, 0.1) is 5.41 Å². The monoisotopic (exact) mass is 330 g/mol. The summed E-state index contributed by atoms with van der Waals surface area (Å²) in [5.74, 6) is 0.0813. The molecule has 1 atom stereocenters. The predicted molar refractivity (Wildman–Crippen MR) is 90.0 cm³/mol. The molecular formula is C16H24Cl2N2O. The van der Waals surface area contributed by atoms with E-state index in [1.807, 2.05) is 32.0 Å². The Kier molecular flexibility index (Phi) is 6.51. The van der Waals surface area contributed by atoms with Gasteiger partial charge in [0.15, 0.2) is 0 Å². The number of aryl methyl sites for hydroxylation is 1. The third kappa shape index (κ3) is 3.53. The average molecular weight is 331 g/mol. The maximum Gasteiger partial charge on any atom is 0.227 e. The fourth-order valence-electron chi connectivity index (χ4n) is 3.00. The summed E-state index contributed by atoms with van der Waals surface area (Å²) in [6, 6.07) is 6.01. The second-order valence-corrected chi connectivity index (χ2v) is 6.04. The van der Waals surface area contributed by atoms with Gasteiger partial charge in [-0.2, -0.15) is 0 Å². The highest BCUT2D eigenvalue weighted by Gasteiger charge is 2.35. The Morgan fingerprint density at radius 2 is 2.10 bits per heavy atom. The van der Waals surface area contributed by atoms with Crippen molar-refractivity contribution in [3.63, 3.8) is 0 Å². The molecule has 0 saturated heterocycles. The second kappa shape index (κ2) is 7.48. The molecule has 1 aromatic carbocycles. The standard InChI is InChI=1S/C16H23ClN2O.ClH/c1-3-16(4-2,10-18)15(20)19-14-8-5-11-9-12(17)6-7-13(11)14;/h6-7,9,14H,3-5,8,10,18H2,1-2H3,(H,19,20);1H. The topological polar surface area (TPSA) is 55.1 Å². The van der Waals surface area contributed by atoms with Crippen molar-refractivity contribution < 1.29 is 4.79 Å². The van der Waals surface area contributed by atoms with Crippen LogP contribution < -0.4 is 11.1 Å². The number of hydrogen-bond acceptors (Lipinski definition) is 2. The summed E-state index contributed by atoms with van der Waals surface area (Å²) >= 11 is 6.01. The fraction of sp³-hybridized carbons (Fsp3) is 0.562. The lowest BCUT2D eigenvalue weighted by atomic mass is 9.81. The smallest absolute Gasteiger partial charge is 0.227 e. The van der Waals surface area contributed by atoms with E-state index in [2.05, 4.69) is 5.32 Å². The van der Waals surface area contributed by atoms with Gasteiger partial charge >= 0.3 is 0 Å². The third-order valence-corrected chi connectivity index (χ3v) is 4.95. The maximum atomic E-state index is 12.6. The largest absolute Gasteiger partial charge is 0.349 e. The number of hydrogen-bond donors (Lipinski definition) is 2. The number of nitrogens with two attached hydrogens (primary N) is 1. The van der Waals surface area contributed by atoms with Gasteiger partial charge in [-0.25, -0.2) is 0 Å². The summed E-state index contributed by atoms with van der Waals surface area (Å²) in [7, 11) is 0. The van der Waals surface area contributed by atoms with Crippen LogP contribution in [-0.2, 0) is 11.2 Å². The Labute approximate surface area is 138 Å². The highest BCUT2D eigenvalue weighted by atomic mass is 35.5. The lowest BCUT2D eigenvalue weighted by Gasteiger charge is -2.30. The predicted octanol–water partition coefficient (Wildman–Crippen LogP) is 3.63. The summed E-state index contributed by atoms with van der Waals surface area (Å²) in [6.07, 6.45) is 3.45. The Balaban J connectivity index is 0.00000220. The molecule has 0 aromatic heterocycles. The molecule has 0 aliphatic heterocycles. The molecule has 1 aromatic rings. The number of benzene rings is 1. The molecule has 0 spiro atoms. The van der Waals surface area contributed by atoms with E-state index in [1.54, 1.807) is 0 Å². The average Bonchev–Trinajstić information content (AvgIpc) is 2.83. The Hall–Kier alpha value is -0.770. The zero-order chi connectivity index (χ0) is 14.8. The molecule has 1 amide bonds. The summed E-state index contributed by atoms with van der Waals surface area (Å²) < 4.78 is 0. The van der Waals surface area contributed by atoms with E-state index in [9.17, 15) is 4.79 Å². The minimum Gasteiger partial charge on any atom is -0.349 e. The van der Waals surface area contributed by atoms with Crippen molar-refractivity contribution in [3.8, 4) is 0 Å². The molecule has 2 rings (SSSR count). The molecule has 1 aliphatic carbocycles. The summed E-state index contributed by atoms with van der Waals surface area (Å²) in [5, 5.41) is 3.94. The number of halogens is 2. The van der Waals surface area contributed by atoms with Crippen LogP contribution in [0.2, 0.25) is 5.02 Å². The van der Waals surface area contributed by atoms with Gasteiger partial charge < -0.3 is 11.1 Å². The van der Waals surface area contributed by atoms with Crippen molar-refractivity contribution >= 4 is 29.9 Å². The number of carbonyl (C=O) groups is 1. The van der Waals surface area contributed by atoms with Crippen LogP contribution in [0.3, 0.4) is 0 Å². The summed E-state index contributed by atoms with van der Waals surface area (Å²) in [5.41, 5.74) is 7.84. The molecule has 1 unspecified atom stereocenters. The molecule has 0 heterocycles. The highest BCUT2D eigenvalue weighted by Crippen LogP contribution is 2.34. The van der Waals surface area contributed by atoms with Gasteiger partial charge in [-0.15, -0.1) is 12.4 Å². The molecule has 118 valence electrons. The number of fused-ring (bicyclic) bond motifs is 1. The first kappa shape index (κ1) is 18.3. The van der Waals surface area contributed by atoms with Crippen LogP contribution in [-0.4, -0.2) is 12.5 Å². The quantitative estimate of drug-likeness (QED) is 0.866. The van der Waals surface area contributed by atoms with Crippen LogP contribution in [0.15, 0.2) is 18.2 Å². The van der Waals surface area contributed by atoms with E-state index in [1.165, 1.54) is 11.1 Å². The summed E-state index contributed by atoms with van der Waals surface area (Å²) in [6.45, 7) is 4.45. The molecule has 0 fully saturated rings. The molecule has 5 heteroatoms. The number of amides is 1. The lowest BCUT2D eigenvalue weighted by Crippen LogP contribution is -2.46. The Bertz CT molecular complexity index is 493. The van der Waals surface area contributed by atoms with Gasteiger partial charge in [0.25, 0.3) is 0 Å². The van der Waals surface area contributed by atoms with Crippen molar-refractivity contribution in [2.24, 2.45) is 11.1 Å². The van der Waals surface area contributed by atoms with Crippen LogP contribution in [0.1, 0.15) is 50.3 Å². The molecule has 21 heavy (non-hydrogen) atoms. The van der Waals surface area contributed by atoms with Crippen LogP contribution >= 0.6 is 24.0 Å². The molecule has 3 N–H and O–H groups in total. The van der Waals surface area contributed by atoms with E-state index in [-0.39, 0.29) is 24.4 Å². The van der Waals surface area contributed by atoms with E-state index in [0.717, 1.165) is 30.7 Å². The number of rotatable bonds is 5. The van der Waals surface area contributed by atoms with E-state index in [4.69, 9.17) is 17.3 Å².